The van der Waals surface area contributed by atoms with E-state index >= 15 is 0 Å². The molecule has 1 fully saturated rings. The highest BCUT2D eigenvalue weighted by Gasteiger charge is 2.43. The van der Waals surface area contributed by atoms with Gasteiger partial charge in [-0.3, -0.25) is 4.79 Å². The van der Waals surface area contributed by atoms with Crippen LogP contribution in [0, 0.1) is 0 Å². The maximum absolute atomic E-state index is 13.6. The van der Waals surface area contributed by atoms with Crippen molar-refractivity contribution in [1.82, 2.24) is 4.72 Å². The lowest BCUT2D eigenvalue weighted by atomic mass is 9.77. The number of fused-ring (bicyclic) bond motifs is 1. The zero-order valence-corrected chi connectivity index (χ0v) is 19.7. The predicted octanol–water partition coefficient (Wildman–Crippen LogP) is 4.44. The van der Waals surface area contributed by atoms with Crippen molar-refractivity contribution in [3.63, 3.8) is 0 Å². The molecule has 8 heteroatoms. The zero-order valence-electron chi connectivity index (χ0n) is 18.8. The molecule has 1 saturated carbocycles. The Morgan fingerprint density at radius 2 is 1.62 bits per heavy atom. The van der Waals surface area contributed by atoms with E-state index in [4.69, 9.17) is 9.47 Å². The van der Waals surface area contributed by atoms with Crippen LogP contribution in [0.15, 0.2) is 71.6 Å². The van der Waals surface area contributed by atoms with Gasteiger partial charge in [-0.15, -0.1) is 0 Å². The molecule has 3 aromatic rings. The van der Waals surface area contributed by atoms with Crippen molar-refractivity contribution in [3.8, 4) is 22.6 Å². The molecular weight excluding hydrogens is 452 g/mol. The molecule has 0 radical (unpaired) electrons. The molecular formula is C26H26N2O5S. The van der Waals surface area contributed by atoms with Gasteiger partial charge in [0.15, 0.2) is 11.5 Å². The van der Waals surface area contributed by atoms with E-state index in [2.05, 4.69) is 10.0 Å². The lowest BCUT2D eigenvalue weighted by Gasteiger charge is -2.28. The molecule has 0 saturated heterocycles. The van der Waals surface area contributed by atoms with Crippen LogP contribution in [0.1, 0.15) is 31.2 Å². The number of hydrogen-bond acceptors (Lipinski definition) is 5. The molecule has 0 atom stereocenters. The molecule has 5 rings (SSSR count). The summed E-state index contributed by atoms with van der Waals surface area (Å²) in [5.74, 6) is 1.36. The van der Waals surface area contributed by atoms with E-state index < -0.39 is 15.4 Å². The molecule has 176 valence electrons. The van der Waals surface area contributed by atoms with Crippen molar-refractivity contribution in [2.45, 2.75) is 36.0 Å². The van der Waals surface area contributed by atoms with Crippen LogP contribution in [0.4, 0.5) is 5.69 Å². The van der Waals surface area contributed by atoms with Gasteiger partial charge in [-0.1, -0.05) is 43.2 Å². The molecule has 0 spiro atoms. The first-order chi connectivity index (χ1) is 16.4. The first-order valence-corrected chi connectivity index (χ1v) is 12.8. The van der Waals surface area contributed by atoms with Crippen LogP contribution in [0.3, 0.4) is 0 Å². The van der Waals surface area contributed by atoms with Gasteiger partial charge in [0.05, 0.1) is 10.3 Å². The summed E-state index contributed by atoms with van der Waals surface area (Å²) in [6.07, 6.45) is 3.53. The Kier molecular flexibility index (Phi) is 5.79. The minimum Gasteiger partial charge on any atom is -0.454 e. The van der Waals surface area contributed by atoms with E-state index in [9.17, 15) is 13.2 Å². The Hall–Kier alpha value is -3.36. The van der Waals surface area contributed by atoms with E-state index in [0.717, 1.165) is 42.4 Å². The second-order valence-corrected chi connectivity index (χ2v) is 10.5. The molecule has 0 aromatic heterocycles. The van der Waals surface area contributed by atoms with Gasteiger partial charge in [0.1, 0.15) is 0 Å². The largest absolute Gasteiger partial charge is 0.454 e. The minimum absolute atomic E-state index is 0.0310. The summed E-state index contributed by atoms with van der Waals surface area (Å²) >= 11 is 0. The van der Waals surface area contributed by atoms with Crippen molar-refractivity contribution < 1.29 is 22.7 Å². The van der Waals surface area contributed by atoms with Crippen molar-refractivity contribution in [1.29, 1.82) is 0 Å². The molecule has 2 N–H and O–H groups in total. The molecule has 2 aliphatic rings. The number of carbonyl (C=O) groups excluding carboxylic acids is 1. The first kappa shape index (κ1) is 22.4. The van der Waals surface area contributed by atoms with Crippen molar-refractivity contribution >= 4 is 21.6 Å². The Labute approximate surface area is 199 Å². The van der Waals surface area contributed by atoms with Crippen LogP contribution >= 0.6 is 0 Å². The molecule has 0 unspecified atom stereocenters. The fourth-order valence-corrected chi connectivity index (χ4v) is 5.52. The van der Waals surface area contributed by atoms with E-state index in [-0.39, 0.29) is 17.6 Å². The van der Waals surface area contributed by atoms with Gasteiger partial charge >= 0.3 is 0 Å². The topological polar surface area (TPSA) is 93.7 Å². The summed E-state index contributed by atoms with van der Waals surface area (Å²) in [6, 6.07) is 20.0. The SMILES string of the molecule is CNS(=O)(=O)c1ccc(-c2cccc(NC(=O)C3(c4ccc5c(c4)OCO5)CCCC3)c2)cc1. The molecule has 3 aromatic carbocycles. The standard InChI is InChI=1S/C26H26N2O5S/c1-27-34(30,31)22-10-7-18(8-11-22)19-5-4-6-21(15-19)28-25(29)26(13-2-3-14-26)20-9-12-23-24(16-20)33-17-32-23/h4-12,15-16,27H,2-3,13-14,17H2,1H3,(H,28,29). The zero-order chi connectivity index (χ0) is 23.8. The summed E-state index contributed by atoms with van der Waals surface area (Å²) in [4.78, 5) is 13.8. The number of hydrogen-bond donors (Lipinski definition) is 2. The van der Waals surface area contributed by atoms with Gasteiger partial charge in [-0.2, -0.15) is 0 Å². The smallest absolute Gasteiger partial charge is 0.240 e. The van der Waals surface area contributed by atoms with Gasteiger partial charge in [-0.25, -0.2) is 13.1 Å². The third kappa shape index (κ3) is 4.03. The van der Waals surface area contributed by atoms with Crippen molar-refractivity contribution in [2.24, 2.45) is 0 Å². The Morgan fingerprint density at radius 1 is 0.882 bits per heavy atom. The van der Waals surface area contributed by atoms with Gasteiger partial charge in [0.25, 0.3) is 0 Å². The van der Waals surface area contributed by atoms with Crippen molar-refractivity contribution in [2.75, 3.05) is 19.2 Å². The number of rotatable bonds is 6. The maximum atomic E-state index is 13.6. The number of sulfonamides is 1. The Morgan fingerprint density at radius 3 is 2.35 bits per heavy atom. The molecule has 7 nitrogen and oxygen atoms in total. The fraction of sp³-hybridized carbons (Fsp3) is 0.269. The third-order valence-corrected chi connectivity index (χ3v) is 8.13. The Bertz CT molecular complexity index is 1330. The molecule has 1 aliphatic heterocycles. The second-order valence-electron chi connectivity index (χ2n) is 8.62. The van der Waals surface area contributed by atoms with Gasteiger partial charge in [0.2, 0.25) is 22.7 Å². The van der Waals surface area contributed by atoms with Crippen LogP contribution in [-0.4, -0.2) is 28.2 Å². The summed E-state index contributed by atoms with van der Waals surface area (Å²) in [5.41, 5.74) is 2.78. The number of ether oxygens (including phenoxy) is 2. The molecule has 1 aliphatic carbocycles. The number of benzene rings is 3. The molecule has 1 amide bonds. The van der Waals surface area contributed by atoms with E-state index in [0.29, 0.717) is 17.2 Å². The predicted molar refractivity (Wildman–Crippen MR) is 129 cm³/mol. The van der Waals surface area contributed by atoms with Crippen LogP contribution < -0.4 is 19.5 Å². The molecule has 34 heavy (non-hydrogen) atoms. The van der Waals surface area contributed by atoms with Crippen LogP contribution in [0.2, 0.25) is 0 Å². The number of anilines is 1. The fourth-order valence-electron chi connectivity index (χ4n) is 4.79. The summed E-state index contributed by atoms with van der Waals surface area (Å²) in [5, 5.41) is 3.13. The average molecular weight is 479 g/mol. The van der Waals surface area contributed by atoms with Crippen LogP contribution in [0.5, 0.6) is 11.5 Å². The van der Waals surface area contributed by atoms with Gasteiger partial charge in [-0.05, 0) is 73.0 Å². The first-order valence-electron chi connectivity index (χ1n) is 11.3. The number of amides is 1. The van der Waals surface area contributed by atoms with E-state index in [1.807, 2.05) is 42.5 Å². The van der Waals surface area contributed by atoms with E-state index in [1.165, 1.54) is 7.05 Å². The number of nitrogens with one attached hydrogen (secondary N) is 2. The summed E-state index contributed by atoms with van der Waals surface area (Å²) in [7, 11) is -2.11. The lowest BCUT2D eigenvalue weighted by Crippen LogP contribution is -2.38. The minimum atomic E-state index is -3.49. The Balaban J connectivity index is 1.40. The quantitative estimate of drug-likeness (QED) is 0.546. The van der Waals surface area contributed by atoms with Gasteiger partial charge in [0, 0.05) is 5.69 Å². The van der Waals surface area contributed by atoms with Crippen LogP contribution in [0.25, 0.3) is 11.1 Å². The van der Waals surface area contributed by atoms with E-state index in [1.54, 1.807) is 24.3 Å². The van der Waals surface area contributed by atoms with Gasteiger partial charge < -0.3 is 14.8 Å². The second kappa shape index (κ2) is 8.77. The van der Waals surface area contributed by atoms with Crippen LogP contribution in [-0.2, 0) is 20.2 Å². The summed E-state index contributed by atoms with van der Waals surface area (Å²) in [6.45, 7) is 0.201. The molecule has 0 bridgehead atoms. The monoisotopic (exact) mass is 478 g/mol. The highest BCUT2D eigenvalue weighted by molar-refractivity contribution is 7.89. The lowest BCUT2D eigenvalue weighted by molar-refractivity contribution is -0.121. The maximum Gasteiger partial charge on any atom is 0.240 e. The molecule has 1 heterocycles. The third-order valence-electron chi connectivity index (χ3n) is 6.70. The summed E-state index contributed by atoms with van der Waals surface area (Å²) < 4.78 is 37.3. The van der Waals surface area contributed by atoms with Crippen molar-refractivity contribution in [3.05, 3.63) is 72.3 Å². The normalized spacial score (nSPS) is 16.4. The average Bonchev–Trinajstić information content (AvgIpc) is 3.54. The highest BCUT2D eigenvalue weighted by Crippen LogP contribution is 2.45. The number of carbonyl (C=O) groups is 1. The highest BCUT2D eigenvalue weighted by atomic mass is 32.2.